The van der Waals surface area contributed by atoms with Gasteiger partial charge in [0.2, 0.25) is 11.8 Å². The average Bonchev–Trinajstić information content (AvgIpc) is 2.76. The van der Waals surface area contributed by atoms with Gasteiger partial charge in [0.15, 0.2) is 0 Å². The number of rotatable bonds is 8. The van der Waals surface area contributed by atoms with Gasteiger partial charge >= 0.3 is 0 Å². The molecule has 2 heterocycles. The van der Waals surface area contributed by atoms with E-state index < -0.39 is 0 Å². The predicted molar refractivity (Wildman–Crippen MR) is 117 cm³/mol. The van der Waals surface area contributed by atoms with Crippen LogP contribution in [0.25, 0.3) is 0 Å². The monoisotopic (exact) mass is 416 g/mol. The van der Waals surface area contributed by atoms with Crippen LogP contribution in [0.3, 0.4) is 0 Å². The summed E-state index contributed by atoms with van der Waals surface area (Å²) in [6.45, 7) is 5.24. The van der Waals surface area contributed by atoms with E-state index in [-0.39, 0.29) is 23.8 Å². The van der Waals surface area contributed by atoms with Crippen molar-refractivity contribution in [3.63, 3.8) is 0 Å². The molecular weight excluding hydrogens is 380 g/mol. The molecule has 0 bridgehead atoms. The Kier molecular flexibility index (Phi) is 8.51. The fourth-order valence-electron chi connectivity index (χ4n) is 4.25. The molecule has 2 N–H and O–H groups in total. The highest BCUT2D eigenvalue weighted by atomic mass is 16.5. The molecule has 7 nitrogen and oxygen atoms in total. The number of piperidine rings is 1. The first-order chi connectivity index (χ1) is 14.6. The normalized spacial score (nSPS) is 22.7. The van der Waals surface area contributed by atoms with Crippen molar-refractivity contribution >= 4 is 11.8 Å². The van der Waals surface area contributed by atoms with Gasteiger partial charge < -0.3 is 25.2 Å². The zero-order chi connectivity index (χ0) is 21.3. The third-order valence-electron chi connectivity index (χ3n) is 6.19. The van der Waals surface area contributed by atoms with Crippen LogP contribution >= 0.6 is 0 Å². The minimum absolute atomic E-state index is 0.00423. The summed E-state index contributed by atoms with van der Waals surface area (Å²) in [5.74, 6) is 1.16. The minimum Gasteiger partial charge on any atom is -0.490 e. The second kappa shape index (κ2) is 11.3. The molecule has 0 spiro atoms. The number of ether oxygens (including phenoxy) is 1. The molecule has 0 unspecified atom stereocenters. The molecule has 2 aliphatic heterocycles. The quantitative estimate of drug-likeness (QED) is 0.651. The van der Waals surface area contributed by atoms with Crippen molar-refractivity contribution in [1.29, 1.82) is 0 Å². The van der Waals surface area contributed by atoms with Gasteiger partial charge in [0.25, 0.3) is 0 Å². The summed E-state index contributed by atoms with van der Waals surface area (Å²) in [5, 5.41) is 0. The summed E-state index contributed by atoms with van der Waals surface area (Å²) in [4.78, 5) is 31.8. The number of para-hydroxylation sites is 1. The average molecular weight is 417 g/mol. The molecule has 0 saturated carbocycles. The number of benzene rings is 1. The Morgan fingerprint density at radius 3 is 2.43 bits per heavy atom. The van der Waals surface area contributed by atoms with Crippen LogP contribution in [0.4, 0.5) is 0 Å². The van der Waals surface area contributed by atoms with Gasteiger partial charge in [0.1, 0.15) is 11.9 Å². The zero-order valence-electron chi connectivity index (χ0n) is 18.2. The highest BCUT2D eigenvalue weighted by Gasteiger charge is 2.35. The molecule has 166 valence electrons. The fourth-order valence-corrected chi connectivity index (χ4v) is 4.25. The van der Waals surface area contributed by atoms with Crippen LogP contribution in [0.15, 0.2) is 30.3 Å². The number of hydrogen-bond donors (Lipinski definition) is 1. The van der Waals surface area contributed by atoms with E-state index in [1.54, 1.807) is 0 Å². The Hall–Kier alpha value is -2.12. The number of carbonyl (C=O) groups excluding carboxylic acids is 2. The van der Waals surface area contributed by atoms with E-state index in [4.69, 9.17) is 10.5 Å². The third kappa shape index (κ3) is 6.44. The van der Waals surface area contributed by atoms with Crippen molar-refractivity contribution < 1.29 is 14.3 Å². The van der Waals surface area contributed by atoms with Crippen LogP contribution in [-0.2, 0) is 9.59 Å². The maximum Gasteiger partial charge on any atom is 0.223 e. The van der Waals surface area contributed by atoms with Gasteiger partial charge in [-0.3, -0.25) is 9.59 Å². The summed E-state index contributed by atoms with van der Waals surface area (Å²) in [5.41, 5.74) is 5.55. The number of likely N-dealkylation sites (N-methyl/N-ethyl adjacent to an activating group) is 1. The van der Waals surface area contributed by atoms with Crippen molar-refractivity contribution in [1.82, 2.24) is 14.7 Å². The van der Waals surface area contributed by atoms with E-state index >= 15 is 0 Å². The maximum atomic E-state index is 13.0. The number of piperazine rings is 1. The lowest BCUT2D eigenvalue weighted by atomic mass is 9.90. The Labute approximate surface area is 180 Å². The highest BCUT2D eigenvalue weighted by Crippen LogP contribution is 2.27. The van der Waals surface area contributed by atoms with Gasteiger partial charge in [0, 0.05) is 64.4 Å². The van der Waals surface area contributed by atoms with E-state index in [1.165, 1.54) is 0 Å². The summed E-state index contributed by atoms with van der Waals surface area (Å²) < 4.78 is 6.27. The minimum atomic E-state index is -0.0584. The summed E-state index contributed by atoms with van der Waals surface area (Å²) in [6.07, 6.45) is 3.33. The van der Waals surface area contributed by atoms with E-state index in [2.05, 4.69) is 11.9 Å². The molecule has 0 aliphatic carbocycles. The summed E-state index contributed by atoms with van der Waals surface area (Å²) in [6, 6.07) is 9.77. The molecule has 0 radical (unpaired) electrons. The predicted octanol–water partition coefficient (Wildman–Crippen LogP) is 1.58. The molecule has 7 heteroatoms. The highest BCUT2D eigenvalue weighted by molar-refractivity contribution is 5.78. The van der Waals surface area contributed by atoms with Crippen LogP contribution in [0.1, 0.15) is 32.1 Å². The Bertz CT molecular complexity index is 676. The number of nitrogens with two attached hydrogens (primary N) is 1. The van der Waals surface area contributed by atoms with Gasteiger partial charge in [-0.05, 0) is 38.6 Å². The smallest absolute Gasteiger partial charge is 0.223 e. The Morgan fingerprint density at radius 2 is 1.73 bits per heavy atom. The van der Waals surface area contributed by atoms with Crippen molar-refractivity contribution in [3.05, 3.63) is 30.3 Å². The van der Waals surface area contributed by atoms with Gasteiger partial charge in [0.05, 0.1) is 0 Å². The first-order valence-corrected chi connectivity index (χ1v) is 11.2. The molecule has 30 heavy (non-hydrogen) atoms. The van der Waals surface area contributed by atoms with Gasteiger partial charge in [-0.15, -0.1) is 0 Å². The molecule has 1 aromatic rings. The first kappa shape index (κ1) is 22.6. The zero-order valence-corrected chi connectivity index (χ0v) is 18.2. The maximum absolute atomic E-state index is 13.0. The molecule has 0 aromatic heterocycles. The van der Waals surface area contributed by atoms with E-state index in [1.807, 2.05) is 40.1 Å². The number of nitrogens with zero attached hydrogens (tertiary/aromatic N) is 3. The molecule has 1 aromatic carbocycles. The lowest BCUT2D eigenvalue weighted by Gasteiger charge is -2.40. The molecule has 2 atom stereocenters. The van der Waals surface area contributed by atoms with Crippen LogP contribution < -0.4 is 10.5 Å². The lowest BCUT2D eigenvalue weighted by molar-refractivity contribution is -0.140. The number of hydrogen-bond acceptors (Lipinski definition) is 5. The summed E-state index contributed by atoms with van der Waals surface area (Å²) >= 11 is 0. The third-order valence-corrected chi connectivity index (χ3v) is 6.19. The number of unbranched alkanes of at least 4 members (excludes halogenated alkanes) is 1. The summed E-state index contributed by atoms with van der Waals surface area (Å²) in [7, 11) is 2.08. The number of amides is 2. The Balaban J connectivity index is 1.63. The standard InChI is InChI=1S/C23H36N4O3/c1-25-13-15-26(16-14-25)23(29)17-19-18-27(22(28)9-5-6-11-24)12-10-21(19)30-20-7-3-2-4-8-20/h2-4,7-8,19,21H,5-6,9-18,24H2,1H3/t19-,21-/m0/s1. The van der Waals surface area contributed by atoms with Gasteiger partial charge in [-0.2, -0.15) is 0 Å². The second-order valence-corrected chi connectivity index (χ2v) is 8.49. The first-order valence-electron chi connectivity index (χ1n) is 11.2. The van der Waals surface area contributed by atoms with Crippen molar-refractivity contribution in [3.8, 4) is 5.75 Å². The van der Waals surface area contributed by atoms with Crippen LogP contribution in [0.2, 0.25) is 0 Å². The molecule has 2 aliphatic rings. The second-order valence-electron chi connectivity index (χ2n) is 8.49. The molecular formula is C23H36N4O3. The van der Waals surface area contributed by atoms with E-state index in [0.29, 0.717) is 32.5 Å². The van der Waals surface area contributed by atoms with Crippen LogP contribution in [0, 0.1) is 5.92 Å². The SMILES string of the molecule is CN1CCN(C(=O)C[C@H]2CN(C(=O)CCCCN)CC[C@@H]2Oc2ccccc2)CC1. The molecule has 3 rings (SSSR count). The van der Waals surface area contributed by atoms with Gasteiger partial charge in [-0.1, -0.05) is 18.2 Å². The topological polar surface area (TPSA) is 79.1 Å². The number of carbonyl (C=O) groups is 2. The van der Waals surface area contributed by atoms with Crippen LogP contribution in [0.5, 0.6) is 5.75 Å². The lowest BCUT2D eigenvalue weighted by Crippen LogP contribution is -2.51. The number of likely N-dealkylation sites (tertiary alicyclic amines) is 1. The Morgan fingerprint density at radius 1 is 1.00 bits per heavy atom. The van der Waals surface area contributed by atoms with Gasteiger partial charge in [-0.25, -0.2) is 0 Å². The van der Waals surface area contributed by atoms with E-state index in [9.17, 15) is 9.59 Å². The molecule has 2 amide bonds. The largest absolute Gasteiger partial charge is 0.490 e. The molecule has 2 saturated heterocycles. The fraction of sp³-hybridized carbons (Fsp3) is 0.652. The molecule has 2 fully saturated rings. The van der Waals surface area contributed by atoms with Crippen molar-refractivity contribution in [2.45, 2.75) is 38.2 Å². The van der Waals surface area contributed by atoms with E-state index in [0.717, 1.165) is 51.2 Å². The van der Waals surface area contributed by atoms with Crippen molar-refractivity contribution in [2.75, 3.05) is 52.9 Å². The van der Waals surface area contributed by atoms with Crippen LogP contribution in [-0.4, -0.2) is 85.5 Å². The van der Waals surface area contributed by atoms with Crippen molar-refractivity contribution in [2.24, 2.45) is 11.7 Å².